The number of piperidine rings is 1. The van der Waals surface area contributed by atoms with Crippen LogP contribution in [0.4, 0.5) is 0 Å². The molecule has 2 aromatic carbocycles. The average Bonchev–Trinajstić information content (AvgIpc) is 3.14. The number of halogens is 2. The fourth-order valence-corrected chi connectivity index (χ4v) is 5.07. The summed E-state index contributed by atoms with van der Waals surface area (Å²) >= 11 is 12.7. The first kappa shape index (κ1) is 21.2. The highest BCUT2D eigenvalue weighted by Crippen LogP contribution is 2.33. The van der Waals surface area contributed by atoms with Crippen molar-refractivity contribution in [3.8, 4) is 0 Å². The Morgan fingerprint density at radius 2 is 1.45 bits per heavy atom. The van der Waals surface area contributed by atoms with Gasteiger partial charge in [0, 0.05) is 45.2 Å². The largest absolute Gasteiger partial charge is 0.323 e. The lowest BCUT2D eigenvalue weighted by atomic mass is 9.97. The van der Waals surface area contributed by atoms with Crippen molar-refractivity contribution >= 4 is 34.2 Å². The van der Waals surface area contributed by atoms with Crippen LogP contribution in [0.25, 0.3) is 11.0 Å². The molecule has 0 aliphatic carbocycles. The van der Waals surface area contributed by atoms with E-state index in [0.717, 1.165) is 82.1 Å². The summed E-state index contributed by atoms with van der Waals surface area (Å²) < 4.78 is 2.35. The lowest BCUT2D eigenvalue weighted by Crippen LogP contribution is -2.42. The Morgan fingerprint density at radius 3 is 2.16 bits per heavy atom. The van der Waals surface area contributed by atoms with Crippen LogP contribution in [0.15, 0.2) is 36.4 Å². The summed E-state index contributed by atoms with van der Waals surface area (Å²) in [6.45, 7) is 8.28. The highest BCUT2D eigenvalue weighted by atomic mass is 35.5. The van der Waals surface area contributed by atoms with E-state index in [4.69, 9.17) is 28.2 Å². The number of nitrogens with one attached hydrogen (secondary N) is 2. The number of aromatic nitrogens is 2. The molecule has 2 fully saturated rings. The van der Waals surface area contributed by atoms with E-state index in [9.17, 15) is 0 Å². The van der Waals surface area contributed by atoms with E-state index >= 15 is 0 Å². The molecule has 0 amide bonds. The molecule has 3 heterocycles. The average molecular weight is 458 g/mol. The Labute approximate surface area is 193 Å². The predicted octanol–water partition coefficient (Wildman–Crippen LogP) is 4.26. The number of imidazole rings is 1. The molecule has 7 heteroatoms. The van der Waals surface area contributed by atoms with Gasteiger partial charge in [-0.3, -0.25) is 4.90 Å². The molecule has 0 unspecified atom stereocenters. The van der Waals surface area contributed by atoms with Gasteiger partial charge < -0.3 is 15.2 Å². The molecule has 2 saturated heterocycles. The summed E-state index contributed by atoms with van der Waals surface area (Å²) in [7, 11) is 0. The lowest BCUT2D eigenvalue weighted by Gasteiger charge is -2.27. The zero-order chi connectivity index (χ0) is 21.2. The Hall–Kier alpha value is -1.63. The van der Waals surface area contributed by atoms with Crippen molar-refractivity contribution in [1.82, 2.24) is 25.1 Å². The van der Waals surface area contributed by atoms with Crippen molar-refractivity contribution in [1.29, 1.82) is 0 Å². The van der Waals surface area contributed by atoms with Crippen molar-refractivity contribution in [3.05, 3.63) is 63.4 Å². The summed E-state index contributed by atoms with van der Waals surface area (Å²) in [4.78, 5) is 7.52. The molecule has 5 rings (SSSR count). The molecule has 2 aliphatic heterocycles. The summed E-state index contributed by atoms with van der Waals surface area (Å²) in [5.74, 6) is 1.61. The SMILES string of the molecule is Clc1cc2nc(C3CCNCC3)n(Cc3ccc(CN4CCNCC4)cc3)c2cc1Cl. The van der Waals surface area contributed by atoms with Gasteiger partial charge in [-0.1, -0.05) is 47.5 Å². The van der Waals surface area contributed by atoms with Crippen molar-refractivity contribution in [2.75, 3.05) is 39.3 Å². The van der Waals surface area contributed by atoms with Crippen LogP contribution in [0.1, 0.15) is 35.7 Å². The third-order valence-corrected chi connectivity index (χ3v) is 7.23. The van der Waals surface area contributed by atoms with E-state index in [1.165, 1.54) is 11.1 Å². The lowest BCUT2D eigenvalue weighted by molar-refractivity contribution is 0.233. The summed E-state index contributed by atoms with van der Waals surface area (Å²) in [5, 5.41) is 8.02. The summed E-state index contributed by atoms with van der Waals surface area (Å²) in [6, 6.07) is 12.9. The van der Waals surface area contributed by atoms with Crippen LogP contribution >= 0.6 is 23.2 Å². The smallest absolute Gasteiger partial charge is 0.113 e. The van der Waals surface area contributed by atoms with Crippen LogP contribution in [0.2, 0.25) is 10.0 Å². The second-order valence-corrected chi connectivity index (χ2v) is 9.49. The fourth-order valence-electron chi connectivity index (χ4n) is 4.76. The van der Waals surface area contributed by atoms with E-state index < -0.39 is 0 Å². The Morgan fingerprint density at radius 1 is 0.839 bits per heavy atom. The first-order valence-electron chi connectivity index (χ1n) is 11.2. The highest BCUT2D eigenvalue weighted by molar-refractivity contribution is 6.42. The van der Waals surface area contributed by atoms with E-state index in [2.05, 4.69) is 44.4 Å². The summed E-state index contributed by atoms with van der Waals surface area (Å²) in [6.07, 6.45) is 2.21. The van der Waals surface area contributed by atoms with Gasteiger partial charge in [-0.05, 0) is 49.2 Å². The van der Waals surface area contributed by atoms with Gasteiger partial charge in [0.1, 0.15) is 5.82 Å². The number of fused-ring (bicyclic) bond motifs is 1. The topological polar surface area (TPSA) is 45.1 Å². The number of hydrogen-bond donors (Lipinski definition) is 2. The van der Waals surface area contributed by atoms with Crippen LogP contribution in [0, 0.1) is 0 Å². The van der Waals surface area contributed by atoms with Gasteiger partial charge >= 0.3 is 0 Å². The molecule has 2 N–H and O–H groups in total. The number of nitrogens with zero attached hydrogens (tertiary/aromatic N) is 3. The van der Waals surface area contributed by atoms with Crippen LogP contribution in [-0.2, 0) is 13.1 Å². The van der Waals surface area contributed by atoms with Crippen LogP contribution in [0.5, 0.6) is 0 Å². The van der Waals surface area contributed by atoms with Gasteiger partial charge in [0.25, 0.3) is 0 Å². The van der Waals surface area contributed by atoms with Gasteiger partial charge in [0.2, 0.25) is 0 Å². The van der Waals surface area contributed by atoms with Gasteiger partial charge in [0.15, 0.2) is 0 Å². The Kier molecular flexibility index (Phi) is 6.49. The van der Waals surface area contributed by atoms with Gasteiger partial charge in [-0.25, -0.2) is 4.98 Å². The van der Waals surface area contributed by atoms with Crippen LogP contribution < -0.4 is 10.6 Å². The second-order valence-electron chi connectivity index (χ2n) is 8.68. The quantitative estimate of drug-likeness (QED) is 0.600. The van der Waals surface area contributed by atoms with Crippen LogP contribution in [-0.4, -0.2) is 53.7 Å². The zero-order valence-corrected chi connectivity index (χ0v) is 19.2. The van der Waals surface area contributed by atoms with E-state index in [1.807, 2.05) is 12.1 Å². The third-order valence-electron chi connectivity index (χ3n) is 6.50. The monoisotopic (exact) mass is 457 g/mol. The first-order chi connectivity index (χ1) is 15.2. The zero-order valence-electron chi connectivity index (χ0n) is 17.7. The molecule has 5 nitrogen and oxygen atoms in total. The standard InChI is InChI=1S/C24H29Cl2N5/c25-20-13-22-23(14-21(20)26)31(24(29-22)19-5-7-27-8-6-19)16-18-3-1-17(2-4-18)15-30-11-9-28-10-12-30/h1-4,13-14,19,27-28H,5-12,15-16H2. The normalized spacial score (nSPS) is 18.6. The van der Waals surface area contributed by atoms with Crippen molar-refractivity contribution < 1.29 is 0 Å². The maximum atomic E-state index is 6.38. The van der Waals surface area contributed by atoms with Gasteiger partial charge in [-0.2, -0.15) is 0 Å². The van der Waals surface area contributed by atoms with Gasteiger partial charge in [0.05, 0.1) is 21.1 Å². The van der Waals surface area contributed by atoms with E-state index in [0.29, 0.717) is 16.0 Å². The minimum absolute atomic E-state index is 0.457. The minimum atomic E-state index is 0.457. The van der Waals surface area contributed by atoms with E-state index in [1.54, 1.807) is 0 Å². The molecule has 0 spiro atoms. The van der Waals surface area contributed by atoms with Crippen LogP contribution in [0.3, 0.4) is 0 Å². The molecule has 2 aliphatic rings. The molecule has 0 saturated carbocycles. The number of rotatable bonds is 5. The highest BCUT2D eigenvalue weighted by Gasteiger charge is 2.23. The molecule has 3 aromatic rings. The minimum Gasteiger partial charge on any atom is -0.323 e. The molecule has 31 heavy (non-hydrogen) atoms. The Balaban J connectivity index is 1.42. The molecular formula is C24H29Cl2N5. The fraction of sp³-hybridized carbons (Fsp3) is 0.458. The van der Waals surface area contributed by atoms with E-state index in [-0.39, 0.29) is 0 Å². The van der Waals surface area contributed by atoms with Gasteiger partial charge in [-0.15, -0.1) is 0 Å². The van der Waals surface area contributed by atoms with Crippen molar-refractivity contribution in [3.63, 3.8) is 0 Å². The number of hydrogen-bond acceptors (Lipinski definition) is 4. The number of piperazine rings is 1. The molecular weight excluding hydrogens is 429 g/mol. The molecule has 0 atom stereocenters. The first-order valence-corrected chi connectivity index (χ1v) is 12.0. The van der Waals surface area contributed by atoms with Crippen molar-refractivity contribution in [2.24, 2.45) is 0 Å². The number of benzene rings is 2. The van der Waals surface area contributed by atoms with Crippen molar-refractivity contribution in [2.45, 2.75) is 31.8 Å². The Bertz CT molecular complexity index is 1030. The maximum absolute atomic E-state index is 6.38. The molecule has 0 bridgehead atoms. The maximum Gasteiger partial charge on any atom is 0.113 e. The molecule has 164 valence electrons. The third kappa shape index (κ3) is 4.76. The predicted molar refractivity (Wildman–Crippen MR) is 128 cm³/mol. The molecule has 0 radical (unpaired) electrons. The summed E-state index contributed by atoms with van der Waals surface area (Å²) in [5.41, 5.74) is 4.64. The second kappa shape index (κ2) is 9.47. The molecule has 1 aromatic heterocycles.